The number of carbonyl (C=O) groups excluding carboxylic acids is 1. The lowest BCUT2D eigenvalue weighted by Crippen LogP contribution is -2.51. The summed E-state index contributed by atoms with van der Waals surface area (Å²) in [7, 11) is 1.19. The van der Waals surface area contributed by atoms with E-state index in [2.05, 4.69) is 10.1 Å². The van der Waals surface area contributed by atoms with Gasteiger partial charge in [-0.1, -0.05) is 6.92 Å². The highest BCUT2D eigenvalue weighted by atomic mass is 16.5. The van der Waals surface area contributed by atoms with E-state index >= 15 is 0 Å². The van der Waals surface area contributed by atoms with Crippen molar-refractivity contribution in [3.05, 3.63) is 0 Å². The molecule has 1 unspecified atom stereocenters. The molecule has 5 heteroatoms. The van der Waals surface area contributed by atoms with Crippen molar-refractivity contribution in [2.45, 2.75) is 25.8 Å². The summed E-state index contributed by atoms with van der Waals surface area (Å²) in [5.74, 6) is -1.07. The highest BCUT2D eigenvalue weighted by Crippen LogP contribution is 2.08. The van der Waals surface area contributed by atoms with E-state index in [1.807, 2.05) is 0 Å². The fraction of sp³-hybridized carbons (Fsp3) is 0.714. The minimum Gasteiger partial charge on any atom is -0.480 e. The Morgan fingerprint density at radius 3 is 2.33 bits per heavy atom. The van der Waals surface area contributed by atoms with Gasteiger partial charge >= 0.3 is 12.1 Å². The number of alkyl carbamates (subject to hydrolysis) is 1. The molecule has 0 bridgehead atoms. The van der Waals surface area contributed by atoms with Crippen LogP contribution in [0.25, 0.3) is 0 Å². The summed E-state index contributed by atoms with van der Waals surface area (Å²) in [5, 5.41) is 10.9. The molecule has 0 aliphatic rings. The molecule has 5 nitrogen and oxygen atoms in total. The molecular weight excluding hydrogens is 162 g/mol. The molecule has 0 saturated carbocycles. The molecule has 0 aliphatic heterocycles. The Morgan fingerprint density at radius 1 is 1.58 bits per heavy atom. The minimum atomic E-state index is -1.24. The Kier molecular flexibility index (Phi) is 3.53. The quantitative estimate of drug-likeness (QED) is 0.658. The van der Waals surface area contributed by atoms with E-state index in [1.165, 1.54) is 14.0 Å². The predicted molar refractivity (Wildman–Crippen MR) is 41.9 cm³/mol. The maximum absolute atomic E-state index is 10.7. The number of rotatable bonds is 3. The van der Waals surface area contributed by atoms with Gasteiger partial charge in [0, 0.05) is 0 Å². The molecule has 0 aliphatic carbocycles. The summed E-state index contributed by atoms with van der Waals surface area (Å²) < 4.78 is 4.28. The summed E-state index contributed by atoms with van der Waals surface area (Å²) in [6.07, 6.45) is -0.431. The van der Waals surface area contributed by atoms with Crippen LogP contribution in [-0.4, -0.2) is 29.8 Å². The van der Waals surface area contributed by atoms with Crippen LogP contribution in [-0.2, 0) is 9.53 Å². The third-order valence-corrected chi connectivity index (χ3v) is 1.74. The molecule has 0 radical (unpaired) electrons. The fourth-order valence-electron chi connectivity index (χ4n) is 0.569. The Morgan fingerprint density at radius 2 is 2.08 bits per heavy atom. The maximum atomic E-state index is 10.7. The van der Waals surface area contributed by atoms with E-state index in [-0.39, 0.29) is 0 Å². The van der Waals surface area contributed by atoms with Gasteiger partial charge in [-0.15, -0.1) is 0 Å². The number of nitrogens with one attached hydrogen (secondary N) is 1. The highest BCUT2D eigenvalue weighted by Gasteiger charge is 2.32. The van der Waals surface area contributed by atoms with Gasteiger partial charge in [0.2, 0.25) is 0 Å². The van der Waals surface area contributed by atoms with Crippen molar-refractivity contribution >= 4 is 12.1 Å². The van der Waals surface area contributed by atoms with E-state index in [1.54, 1.807) is 6.92 Å². The average Bonchev–Trinajstić information content (AvgIpc) is 2.03. The van der Waals surface area contributed by atoms with Gasteiger partial charge in [-0.2, -0.15) is 0 Å². The zero-order chi connectivity index (χ0) is 9.78. The molecular formula is C7H13NO4. The van der Waals surface area contributed by atoms with Crippen LogP contribution in [0.4, 0.5) is 4.79 Å². The van der Waals surface area contributed by atoms with Crippen LogP contribution in [0.1, 0.15) is 20.3 Å². The molecule has 0 aromatic carbocycles. The van der Waals surface area contributed by atoms with Gasteiger partial charge in [0.25, 0.3) is 0 Å². The Hall–Kier alpha value is -1.26. The fourth-order valence-corrected chi connectivity index (χ4v) is 0.569. The van der Waals surface area contributed by atoms with Crippen LogP contribution in [0.15, 0.2) is 0 Å². The molecule has 2 N–H and O–H groups in total. The molecule has 0 aromatic rings. The van der Waals surface area contributed by atoms with Gasteiger partial charge in [0.05, 0.1) is 7.11 Å². The number of carboxylic acid groups (broad SMARTS) is 1. The van der Waals surface area contributed by atoms with Crippen molar-refractivity contribution in [1.29, 1.82) is 0 Å². The Labute approximate surface area is 70.7 Å². The van der Waals surface area contributed by atoms with Gasteiger partial charge in [-0.05, 0) is 13.3 Å². The molecule has 0 aromatic heterocycles. The molecule has 12 heavy (non-hydrogen) atoms. The molecule has 0 rings (SSSR count). The first-order valence-electron chi connectivity index (χ1n) is 3.55. The molecule has 1 atom stereocenters. The van der Waals surface area contributed by atoms with Crippen molar-refractivity contribution in [3.8, 4) is 0 Å². The van der Waals surface area contributed by atoms with Crippen LogP contribution in [0.5, 0.6) is 0 Å². The zero-order valence-electron chi connectivity index (χ0n) is 7.38. The average molecular weight is 175 g/mol. The largest absolute Gasteiger partial charge is 0.480 e. The number of hydrogen-bond donors (Lipinski definition) is 2. The number of methoxy groups -OCH3 is 1. The van der Waals surface area contributed by atoms with Crippen molar-refractivity contribution in [2.24, 2.45) is 0 Å². The predicted octanol–water partition coefficient (Wildman–Crippen LogP) is 0.596. The van der Waals surface area contributed by atoms with Crippen molar-refractivity contribution in [1.82, 2.24) is 5.32 Å². The number of carboxylic acids is 1. The first-order valence-corrected chi connectivity index (χ1v) is 3.55. The number of ether oxygens (including phenoxy) is 1. The molecule has 0 spiro atoms. The second-order valence-corrected chi connectivity index (χ2v) is 2.61. The lowest BCUT2D eigenvalue weighted by Gasteiger charge is -2.23. The minimum absolute atomic E-state index is 0.303. The second kappa shape index (κ2) is 3.94. The normalized spacial score (nSPS) is 14.6. The van der Waals surface area contributed by atoms with Crippen LogP contribution in [0.2, 0.25) is 0 Å². The third-order valence-electron chi connectivity index (χ3n) is 1.74. The molecule has 0 saturated heterocycles. The van der Waals surface area contributed by atoms with Crippen molar-refractivity contribution in [2.75, 3.05) is 7.11 Å². The van der Waals surface area contributed by atoms with Crippen molar-refractivity contribution in [3.63, 3.8) is 0 Å². The summed E-state index contributed by atoms with van der Waals surface area (Å²) in [6, 6.07) is 0. The standard InChI is InChI=1S/C7H13NO4/c1-4-7(2,5(9)10)8-6(11)12-3/h4H2,1-3H3,(H,8,11)(H,9,10). The van der Waals surface area contributed by atoms with Gasteiger partial charge in [-0.3, -0.25) is 0 Å². The highest BCUT2D eigenvalue weighted by molar-refractivity contribution is 5.83. The van der Waals surface area contributed by atoms with E-state index < -0.39 is 17.6 Å². The van der Waals surface area contributed by atoms with Crippen LogP contribution < -0.4 is 5.32 Å². The second-order valence-electron chi connectivity index (χ2n) is 2.61. The Balaban J connectivity index is 4.34. The zero-order valence-corrected chi connectivity index (χ0v) is 7.38. The maximum Gasteiger partial charge on any atom is 0.407 e. The lowest BCUT2D eigenvalue weighted by atomic mass is 10.00. The first-order chi connectivity index (χ1) is 5.46. The number of aliphatic carboxylic acids is 1. The van der Waals surface area contributed by atoms with Gasteiger partial charge in [-0.25, -0.2) is 9.59 Å². The monoisotopic (exact) mass is 175 g/mol. The summed E-state index contributed by atoms with van der Waals surface area (Å²) >= 11 is 0. The summed E-state index contributed by atoms with van der Waals surface area (Å²) in [5.41, 5.74) is -1.24. The first kappa shape index (κ1) is 10.7. The van der Waals surface area contributed by atoms with Crippen LogP contribution >= 0.6 is 0 Å². The number of carbonyl (C=O) groups is 2. The smallest absolute Gasteiger partial charge is 0.407 e. The number of hydrogen-bond acceptors (Lipinski definition) is 3. The topological polar surface area (TPSA) is 75.6 Å². The van der Waals surface area contributed by atoms with Crippen LogP contribution in [0.3, 0.4) is 0 Å². The molecule has 0 heterocycles. The van der Waals surface area contributed by atoms with E-state index in [4.69, 9.17) is 5.11 Å². The third kappa shape index (κ3) is 2.41. The van der Waals surface area contributed by atoms with Crippen LogP contribution in [0, 0.1) is 0 Å². The van der Waals surface area contributed by atoms with E-state index in [9.17, 15) is 9.59 Å². The molecule has 70 valence electrons. The summed E-state index contributed by atoms with van der Waals surface area (Å²) in [6.45, 7) is 3.09. The number of amides is 1. The van der Waals surface area contributed by atoms with Gasteiger partial charge in [0.1, 0.15) is 5.54 Å². The van der Waals surface area contributed by atoms with E-state index in [0.29, 0.717) is 6.42 Å². The molecule has 1 amide bonds. The van der Waals surface area contributed by atoms with Crippen molar-refractivity contribution < 1.29 is 19.4 Å². The molecule has 0 fully saturated rings. The van der Waals surface area contributed by atoms with Gasteiger partial charge < -0.3 is 15.2 Å². The lowest BCUT2D eigenvalue weighted by molar-refractivity contribution is -0.144. The Bertz CT molecular complexity index is 192. The SMILES string of the molecule is CCC(C)(NC(=O)OC)C(=O)O. The van der Waals surface area contributed by atoms with E-state index in [0.717, 1.165) is 0 Å². The summed E-state index contributed by atoms with van der Waals surface area (Å²) in [4.78, 5) is 21.3. The van der Waals surface area contributed by atoms with Gasteiger partial charge in [0.15, 0.2) is 0 Å².